The van der Waals surface area contributed by atoms with Crippen molar-refractivity contribution in [3.8, 4) is 0 Å². The van der Waals surface area contributed by atoms with E-state index in [-0.39, 0.29) is 5.91 Å². The van der Waals surface area contributed by atoms with Gasteiger partial charge in [-0.2, -0.15) is 0 Å². The van der Waals surface area contributed by atoms with Gasteiger partial charge < -0.3 is 16.4 Å². The second kappa shape index (κ2) is 5.82. The third-order valence-corrected chi connectivity index (χ3v) is 4.53. The topological polar surface area (TPSA) is 67.1 Å². The van der Waals surface area contributed by atoms with E-state index in [2.05, 4.69) is 31.4 Å². The van der Waals surface area contributed by atoms with Gasteiger partial charge in [-0.15, -0.1) is 11.3 Å². The Morgan fingerprint density at radius 2 is 2.21 bits per heavy atom. The summed E-state index contributed by atoms with van der Waals surface area (Å²) in [6.45, 7) is 6.55. The van der Waals surface area contributed by atoms with E-state index in [0.29, 0.717) is 28.6 Å². The first kappa shape index (κ1) is 14.2. The molecule has 0 spiro atoms. The maximum Gasteiger partial charge on any atom is 0.263 e. The average Bonchev–Trinajstić information content (AvgIpc) is 3.07. The first-order valence-corrected chi connectivity index (χ1v) is 7.79. The summed E-state index contributed by atoms with van der Waals surface area (Å²) in [6, 6.07) is 2.65. The number of hydrogen-bond acceptors (Lipinski definition) is 4. The molecular formula is C14H23N3OS. The maximum absolute atomic E-state index is 12.0. The van der Waals surface area contributed by atoms with E-state index >= 15 is 0 Å². The van der Waals surface area contributed by atoms with Crippen LogP contribution in [0.5, 0.6) is 0 Å². The molecule has 1 aromatic heterocycles. The molecule has 1 heterocycles. The average molecular weight is 281 g/mol. The lowest BCUT2D eigenvalue weighted by Crippen LogP contribution is -2.25. The zero-order chi connectivity index (χ0) is 14.0. The highest BCUT2D eigenvalue weighted by atomic mass is 32.1. The first-order chi connectivity index (χ1) is 9.01. The van der Waals surface area contributed by atoms with Crippen LogP contribution in [0.15, 0.2) is 6.07 Å². The van der Waals surface area contributed by atoms with Crippen LogP contribution in [0.25, 0.3) is 0 Å². The molecule has 1 aromatic rings. The van der Waals surface area contributed by atoms with Gasteiger partial charge in [0, 0.05) is 12.1 Å². The quantitative estimate of drug-likeness (QED) is 0.750. The minimum absolute atomic E-state index is 0.0318. The molecule has 4 nitrogen and oxygen atoms in total. The van der Waals surface area contributed by atoms with Gasteiger partial charge in [0.1, 0.15) is 4.88 Å². The first-order valence-electron chi connectivity index (χ1n) is 6.98. The van der Waals surface area contributed by atoms with Crippen LogP contribution in [-0.4, -0.2) is 18.0 Å². The third kappa shape index (κ3) is 3.62. The van der Waals surface area contributed by atoms with Crippen LogP contribution in [0.4, 0.5) is 10.7 Å². The Morgan fingerprint density at radius 1 is 1.53 bits per heavy atom. The van der Waals surface area contributed by atoms with Gasteiger partial charge in [0.15, 0.2) is 0 Å². The van der Waals surface area contributed by atoms with Crippen LogP contribution in [0.1, 0.15) is 49.7 Å². The molecule has 0 aromatic carbocycles. The summed E-state index contributed by atoms with van der Waals surface area (Å²) in [6.07, 6.45) is 3.24. The fourth-order valence-electron chi connectivity index (χ4n) is 2.06. The molecule has 1 unspecified atom stereocenters. The van der Waals surface area contributed by atoms with E-state index in [4.69, 9.17) is 5.73 Å². The monoisotopic (exact) mass is 281 g/mol. The Hall–Kier alpha value is -1.23. The van der Waals surface area contributed by atoms with E-state index in [1.165, 1.54) is 11.3 Å². The van der Waals surface area contributed by atoms with Gasteiger partial charge in [-0.1, -0.05) is 20.8 Å². The van der Waals surface area contributed by atoms with Crippen molar-refractivity contribution in [3.63, 3.8) is 0 Å². The number of carbonyl (C=O) groups excluding carboxylic acids is 1. The van der Waals surface area contributed by atoms with Crippen molar-refractivity contribution in [2.45, 2.75) is 52.1 Å². The molecule has 1 fully saturated rings. The smallest absolute Gasteiger partial charge is 0.263 e. The molecule has 2 rings (SSSR count). The highest BCUT2D eigenvalue weighted by molar-refractivity contribution is 7.18. The van der Waals surface area contributed by atoms with Crippen molar-refractivity contribution in [2.24, 2.45) is 5.92 Å². The van der Waals surface area contributed by atoms with Crippen molar-refractivity contribution >= 4 is 27.9 Å². The largest absolute Gasteiger partial charge is 0.397 e. The van der Waals surface area contributed by atoms with Crippen molar-refractivity contribution in [2.75, 3.05) is 11.1 Å². The fraction of sp³-hybridized carbons (Fsp3) is 0.643. The Morgan fingerprint density at radius 3 is 2.74 bits per heavy atom. The summed E-state index contributed by atoms with van der Waals surface area (Å²) in [5.41, 5.74) is 6.51. The lowest BCUT2D eigenvalue weighted by molar-refractivity contribution is 0.0956. The molecule has 0 saturated heterocycles. The van der Waals surface area contributed by atoms with Crippen LogP contribution in [0.2, 0.25) is 0 Å². The molecular weight excluding hydrogens is 258 g/mol. The molecule has 1 saturated carbocycles. The van der Waals surface area contributed by atoms with Gasteiger partial charge in [0.2, 0.25) is 0 Å². The number of carbonyl (C=O) groups is 1. The number of thiophene rings is 1. The number of anilines is 2. The molecule has 19 heavy (non-hydrogen) atoms. The van der Waals surface area contributed by atoms with Gasteiger partial charge in [0.05, 0.1) is 10.7 Å². The van der Waals surface area contributed by atoms with E-state index < -0.39 is 0 Å². The van der Waals surface area contributed by atoms with Crippen LogP contribution in [0.3, 0.4) is 0 Å². The molecule has 1 amide bonds. The van der Waals surface area contributed by atoms with Crippen LogP contribution >= 0.6 is 11.3 Å². The number of hydrogen-bond donors (Lipinski definition) is 3. The predicted octanol–water partition coefficient (Wildman–Crippen LogP) is 3.07. The van der Waals surface area contributed by atoms with Gasteiger partial charge in [-0.25, -0.2) is 0 Å². The molecule has 106 valence electrons. The number of nitrogens with two attached hydrogens (primary N) is 1. The summed E-state index contributed by atoms with van der Waals surface area (Å²) in [5.74, 6) is 0.521. The highest BCUT2D eigenvalue weighted by Crippen LogP contribution is 2.31. The Kier molecular flexibility index (Phi) is 4.34. The Labute approximate surface area is 118 Å². The predicted molar refractivity (Wildman–Crippen MR) is 81.8 cm³/mol. The van der Waals surface area contributed by atoms with Gasteiger partial charge >= 0.3 is 0 Å². The van der Waals surface area contributed by atoms with Crippen LogP contribution in [0, 0.1) is 5.92 Å². The van der Waals surface area contributed by atoms with Crippen molar-refractivity contribution in [1.29, 1.82) is 0 Å². The second-order valence-electron chi connectivity index (χ2n) is 5.55. The number of rotatable bonds is 6. The zero-order valence-electron chi connectivity index (χ0n) is 11.8. The van der Waals surface area contributed by atoms with Crippen molar-refractivity contribution in [1.82, 2.24) is 5.32 Å². The molecule has 5 heteroatoms. The standard InChI is InChI=1S/C14H23N3OS/c1-4-11(8(2)3)17-12-7-10(15)13(19-12)14(18)16-9-5-6-9/h7-9,11,17H,4-6,15H2,1-3H3,(H,16,18). The Bertz CT molecular complexity index is 452. The minimum atomic E-state index is -0.0318. The summed E-state index contributed by atoms with van der Waals surface area (Å²) in [7, 11) is 0. The van der Waals surface area contributed by atoms with Gasteiger partial charge in [0.25, 0.3) is 5.91 Å². The Balaban J connectivity index is 2.04. The summed E-state index contributed by atoms with van der Waals surface area (Å²) in [4.78, 5) is 12.6. The third-order valence-electron chi connectivity index (χ3n) is 3.45. The molecule has 0 bridgehead atoms. The van der Waals surface area contributed by atoms with Crippen LogP contribution in [-0.2, 0) is 0 Å². The zero-order valence-corrected chi connectivity index (χ0v) is 12.6. The molecule has 0 aliphatic heterocycles. The summed E-state index contributed by atoms with van der Waals surface area (Å²) >= 11 is 1.45. The lowest BCUT2D eigenvalue weighted by atomic mass is 10.0. The van der Waals surface area contributed by atoms with Crippen LogP contribution < -0.4 is 16.4 Å². The minimum Gasteiger partial charge on any atom is -0.397 e. The van der Waals surface area contributed by atoms with Gasteiger partial charge in [-0.3, -0.25) is 4.79 Å². The fourth-order valence-corrected chi connectivity index (χ4v) is 3.00. The lowest BCUT2D eigenvalue weighted by Gasteiger charge is -2.20. The number of nitrogen functional groups attached to an aromatic ring is 1. The normalized spacial score (nSPS) is 16.4. The SMILES string of the molecule is CCC(Nc1cc(N)c(C(=O)NC2CC2)s1)C(C)C. The number of amides is 1. The van der Waals surface area contributed by atoms with Gasteiger partial charge in [-0.05, 0) is 31.2 Å². The van der Waals surface area contributed by atoms with E-state index in [1.54, 1.807) is 0 Å². The molecule has 0 radical (unpaired) electrons. The van der Waals surface area contributed by atoms with E-state index in [9.17, 15) is 4.79 Å². The van der Waals surface area contributed by atoms with Crippen molar-refractivity contribution < 1.29 is 4.79 Å². The maximum atomic E-state index is 12.0. The number of nitrogens with one attached hydrogen (secondary N) is 2. The molecule has 1 aliphatic carbocycles. The van der Waals surface area contributed by atoms with E-state index in [1.807, 2.05) is 6.07 Å². The molecule has 4 N–H and O–H groups in total. The second-order valence-corrected chi connectivity index (χ2v) is 6.60. The molecule has 1 atom stereocenters. The summed E-state index contributed by atoms with van der Waals surface area (Å²) < 4.78 is 0. The molecule has 1 aliphatic rings. The van der Waals surface area contributed by atoms with Crippen molar-refractivity contribution in [3.05, 3.63) is 10.9 Å². The highest BCUT2D eigenvalue weighted by Gasteiger charge is 2.26. The van der Waals surface area contributed by atoms with E-state index in [0.717, 1.165) is 24.3 Å². The summed E-state index contributed by atoms with van der Waals surface area (Å²) in [5, 5.41) is 7.43.